The molecule has 6 heteroatoms. The zero-order valence-corrected chi connectivity index (χ0v) is 16.6. The van der Waals surface area contributed by atoms with Gasteiger partial charge in [-0.15, -0.1) is 11.3 Å². The predicted molar refractivity (Wildman–Crippen MR) is 109 cm³/mol. The zero-order chi connectivity index (χ0) is 18.4. The van der Waals surface area contributed by atoms with Gasteiger partial charge in [-0.2, -0.15) is 0 Å². The number of likely N-dealkylation sites (N-methyl/N-ethyl adjacent to an activating group) is 1. The summed E-state index contributed by atoms with van der Waals surface area (Å²) < 4.78 is 5.57. The van der Waals surface area contributed by atoms with Gasteiger partial charge in [-0.1, -0.05) is 18.2 Å². The van der Waals surface area contributed by atoms with Crippen molar-refractivity contribution < 1.29 is 4.74 Å². The van der Waals surface area contributed by atoms with E-state index in [1.807, 2.05) is 7.05 Å². The van der Waals surface area contributed by atoms with Crippen LogP contribution in [0.4, 0.5) is 0 Å². The standard InChI is InChI=1S/C20H28N4OS/c1-21-20(23-14-17(24(2)3)19-5-4-12-26-19)22-10-8-15-6-7-18-16(13-15)9-11-25-18/h4-7,12-13,17H,8-11,14H2,1-3H3,(H2,21,22,23). The number of hydrogen-bond acceptors (Lipinski definition) is 4. The van der Waals surface area contributed by atoms with Crippen molar-refractivity contribution >= 4 is 17.3 Å². The monoisotopic (exact) mass is 372 g/mol. The van der Waals surface area contributed by atoms with E-state index in [0.29, 0.717) is 6.04 Å². The highest BCUT2D eigenvalue weighted by atomic mass is 32.1. The average molecular weight is 373 g/mol. The number of benzene rings is 1. The quantitative estimate of drug-likeness (QED) is 0.580. The molecule has 2 heterocycles. The van der Waals surface area contributed by atoms with Gasteiger partial charge in [-0.3, -0.25) is 4.99 Å². The van der Waals surface area contributed by atoms with E-state index in [0.717, 1.165) is 44.2 Å². The van der Waals surface area contributed by atoms with Crippen LogP contribution in [0.2, 0.25) is 0 Å². The molecule has 0 bridgehead atoms. The molecule has 0 radical (unpaired) electrons. The van der Waals surface area contributed by atoms with Crippen LogP contribution in [-0.4, -0.2) is 51.7 Å². The topological polar surface area (TPSA) is 48.9 Å². The van der Waals surface area contributed by atoms with E-state index in [1.54, 1.807) is 11.3 Å². The Kier molecular flexibility index (Phi) is 6.52. The van der Waals surface area contributed by atoms with Gasteiger partial charge in [0, 0.05) is 31.4 Å². The van der Waals surface area contributed by atoms with Crippen molar-refractivity contribution in [3.05, 3.63) is 51.7 Å². The van der Waals surface area contributed by atoms with Gasteiger partial charge < -0.3 is 20.3 Å². The van der Waals surface area contributed by atoms with Crippen LogP contribution in [0.3, 0.4) is 0 Å². The minimum absolute atomic E-state index is 0.338. The number of rotatable bonds is 7. The fourth-order valence-electron chi connectivity index (χ4n) is 3.15. The van der Waals surface area contributed by atoms with Crippen molar-refractivity contribution in [1.82, 2.24) is 15.5 Å². The number of thiophene rings is 1. The van der Waals surface area contributed by atoms with Crippen molar-refractivity contribution in [2.45, 2.75) is 18.9 Å². The lowest BCUT2D eigenvalue weighted by Crippen LogP contribution is -2.42. The highest BCUT2D eigenvalue weighted by Gasteiger charge is 2.15. The molecule has 0 fully saturated rings. The summed E-state index contributed by atoms with van der Waals surface area (Å²) in [6, 6.07) is 11.1. The number of nitrogens with one attached hydrogen (secondary N) is 2. The maximum absolute atomic E-state index is 5.57. The molecule has 0 spiro atoms. The molecule has 3 rings (SSSR count). The molecule has 2 N–H and O–H groups in total. The third-order valence-corrected chi connectivity index (χ3v) is 5.61. The van der Waals surface area contributed by atoms with Crippen molar-refractivity contribution in [3.8, 4) is 5.75 Å². The van der Waals surface area contributed by atoms with Crippen molar-refractivity contribution in [1.29, 1.82) is 0 Å². The van der Waals surface area contributed by atoms with Crippen LogP contribution < -0.4 is 15.4 Å². The van der Waals surface area contributed by atoms with E-state index in [-0.39, 0.29) is 0 Å². The van der Waals surface area contributed by atoms with Crippen LogP contribution in [0.15, 0.2) is 40.7 Å². The van der Waals surface area contributed by atoms with Gasteiger partial charge in [0.2, 0.25) is 0 Å². The first kappa shape index (κ1) is 18.7. The lowest BCUT2D eigenvalue weighted by molar-refractivity contribution is 0.302. The van der Waals surface area contributed by atoms with Crippen molar-refractivity contribution in [3.63, 3.8) is 0 Å². The second kappa shape index (κ2) is 9.05. The normalized spacial score (nSPS) is 14.8. The molecule has 1 aromatic carbocycles. The number of nitrogens with zero attached hydrogens (tertiary/aromatic N) is 2. The molecule has 0 aliphatic carbocycles. The SMILES string of the molecule is CN=C(NCCc1ccc2c(c1)CCO2)NCC(c1cccs1)N(C)C. The van der Waals surface area contributed by atoms with Gasteiger partial charge in [0.05, 0.1) is 12.6 Å². The smallest absolute Gasteiger partial charge is 0.191 e. The van der Waals surface area contributed by atoms with E-state index in [1.165, 1.54) is 16.0 Å². The Morgan fingerprint density at radius 2 is 2.19 bits per heavy atom. The Morgan fingerprint density at radius 3 is 2.92 bits per heavy atom. The predicted octanol–water partition coefficient (Wildman–Crippen LogP) is 2.69. The molecule has 1 aromatic heterocycles. The minimum Gasteiger partial charge on any atom is -0.493 e. The van der Waals surface area contributed by atoms with Gasteiger partial charge in [-0.25, -0.2) is 0 Å². The van der Waals surface area contributed by atoms with Gasteiger partial charge in [0.25, 0.3) is 0 Å². The van der Waals surface area contributed by atoms with E-state index < -0.39 is 0 Å². The lowest BCUT2D eigenvalue weighted by atomic mass is 10.1. The zero-order valence-electron chi connectivity index (χ0n) is 15.8. The minimum atomic E-state index is 0.338. The molecule has 140 valence electrons. The summed E-state index contributed by atoms with van der Waals surface area (Å²) in [7, 11) is 6.04. The van der Waals surface area contributed by atoms with Gasteiger partial charge >= 0.3 is 0 Å². The molecule has 2 aromatic rings. The Labute approximate surface area is 160 Å². The molecule has 1 aliphatic heterocycles. The summed E-state index contributed by atoms with van der Waals surface area (Å²) >= 11 is 1.79. The summed E-state index contributed by atoms with van der Waals surface area (Å²) in [6.45, 7) is 2.49. The summed E-state index contributed by atoms with van der Waals surface area (Å²) in [4.78, 5) is 7.94. The van der Waals surface area contributed by atoms with Crippen LogP contribution >= 0.6 is 11.3 Å². The first-order valence-corrected chi connectivity index (χ1v) is 9.94. The third kappa shape index (κ3) is 4.77. The molecule has 5 nitrogen and oxygen atoms in total. The molecule has 26 heavy (non-hydrogen) atoms. The average Bonchev–Trinajstić information content (AvgIpc) is 3.31. The number of hydrogen-bond donors (Lipinski definition) is 2. The molecular weight excluding hydrogens is 344 g/mol. The Bertz CT molecular complexity index is 727. The molecule has 0 saturated carbocycles. The number of aliphatic imine (C=N–C) groups is 1. The summed E-state index contributed by atoms with van der Waals surface area (Å²) in [6.07, 6.45) is 1.99. The Balaban J connectivity index is 1.47. The number of guanidine groups is 1. The maximum atomic E-state index is 5.57. The Hall–Kier alpha value is -2.05. The van der Waals surface area contributed by atoms with Crippen LogP contribution in [0.5, 0.6) is 5.75 Å². The molecule has 0 amide bonds. The summed E-state index contributed by atoms with van der Waals surface area (Å²) in [5, 5.41) is 8.99. The van der Waals surface area contributed by atoms with Crippen molar-refractivity contribution in [2.24, 2.45) is 4.99 Å². The van der Waals surface area contributed by atoms with Crippen LogP contribution in [0, 0.1) is 0 Å². The van der Waals surface area contributed by atoms with E-state index in [9.17, 15) is 0 Å². The van der Waals surface area contributed by atoms with Crippen LogP contribution in [0.25, 0.3) is 0 Å². The van der Waals surface area contributed by atoms with Gasteiger partial charge in [-0.05, 0) is 49.2 Å². The largest absolute Gasteiger partial charge is 0.493 e. The Morgan fingerprint density at radius 1 is 1.31 bits per heavy atom. The van der Waals surface area contributed by atoms with Crippen molar-refractivity contribution in [2.75, 3.05) is 40.8 Å². The molecule has 1 unspecified atom stereocenters. The fourth-order valence-corrected chi connectivity index (χ4v) is 4.08. The molecule has 0 saturated heterocycles. The first-order chi connectivity index (χ1) is 12.7. The first-order valence-electron chi connectivity index (χ1n) is 9.06. The molecular formula is C20H28N4OS. The maximum Gasteiger partial charge on any atom is 0.191 e. The second-order valence-electron chi connectivity index (χ2n) is 6.67. The number of fused-ring (bicyclic) bond motifs is 1. The molecule has 1 aliphatic rings. The lowest BCUT2D eigenvalue weighted by Gasteiger charge is -2.24. The fraction of sp³-hybridized carbons (Fsp3) is 0.450. The van der Waals surface area contributed by atoms with Gasteiger partial charge in [0.1, 0.15) is 5.75 Å². The van der Waals surface area contributed by atoms with E-state index in [2.05, 4.69) is 70.3 Å². The van der Waals surface area contributed by atoms with Crippen LogP contribution in [-0.2, 0) is 12.8 Å². The highest BCUT2D eigenvalue weighted by Crippen LogP contribution is 2.26. The number of ether oxygens (including phenoxy) is 1. The van der Waals surface area contributed by atoms with Gasteiger partial charge in [0.15, 0.2) is 5.96 Å². The highest BCUT2D eigenvalue weighted by molar-refractivity contribution is 7.10. The van der Waals surface area contributed by atoms with E-state index in [4.69, 9.17) is 4.74 Å². The van der Waals surface area contributed by atoms with Crippen LogP contribution in [0.1, 0.15) is 22.0 Å². The van der Waals surface area contributed by atoms with E-state index >= 15 is 0 Å². The third-order valence-electron chi connectivity index (χ3n) is 4.64. The molecule has 1 atom stereocenters. The second-order valence-corrected chi connectivity index (χ2v) is 7.64. The summed E-state index contributed by atoms with van der Waals surface area (Å²) in [5.41, 5.74) is 2.66. The summed E-state index contributed by atoms with van der Waals surface area (Å²) in [5.74, 6) is 1.89.